The van der Waals surface area contributed by atoms with E-state index >= 15 is 0 Å². The fourth-order valence-corrected chi connectivity index (χ4v) is 2.16. The molecule has 0 aliphatic rings. The standard InChI is InChI=1S/C18H25NO4/c1-5-19(6-2)15-11-9-14(10-12-15)13-16(17(20)22-7-3)18(21)23-8-4/h9-13H,5-8H2,1-4H3. The van der Waals surface area contributed by atoms with Gasteiger partial charge in [0.1, 0.15) is 5.57 Å². The molecule has 5 heteroatoms. The number of nitrogens with zero attached hydrogens (tertiary/aromatic N) is 1. The maximum atomic E-state index is 11.9. The average molecular weight is 319 g/mol. The Kier molecular flexibility index (Phi) is 7.88. The normalized spacial score (nSPS) is 9.91. The number of rotatable bonds is 8. The fourth-order valence-electron chi connectivity index (χ4n) is 2.16. The van der Waals surface area contributed by atoms with E-state index < -0.39 is 11.9 Å². The highest BCUT2D eigenvalue weighted by Gasteiger charge is 2.20. The van der Waals surface area contributed by atoms with E-state index in [1.807, 2.05) is 24.3 Å². The predicted octanol–water partition coefficient (Wildman–Crippen LogP) is 3.04. The van der Waals surface area contributed by atoms with Gasteiger partial charge in [-0.2, -0.15) is 0 Å². The summed E-state index contributed by atoms with van der Waals surface area (Å²) in [4.78, 5) is 26.1. The summed E-state index contributed by atoms with van der Waals surface area (Å²) in [6.07, 6.45) is 1.50. The zero-order valence-corrected chi connectivity index (χ0v) is 14.3. The monoisotopic (exact) mass is 319 g/mol. The van der Waals surface area contributed by atoms with E-state index in [4.69, 9.17) is 9.47 Å². The van der Waals surface area contributed by atoms with E-state index in [9.17, 15) is 9.59 Å². The van der Waals surface area contributed by atoms with Crippen LogP contribution in [0.25, 0.3) is 6.08 Å². The highest BCUT2D eigenvalue weighted by molar-refractivity contribution is 6.17. The van der Waals surface area contributed by atoms with Gasteiger partial charge >= 0.3 is 11.9 Å². The summed E-state index contributed by atoms with van der Waals surface area (Å²) < 4.78 is 9.85. The quantitative estimate of drug-likeness (QED) is 0.319. The zero-order chi connectivity index (χ0) is 17.2. The van der Waals surface area contributed by atoms with E-state index in [-0.39, 0.29) is 18.8 Å². The van der Waals surface area contributed by atoms with Crippen LogP contribution in [0.4, 0.5) is 5.69 Å². The van der Waals surface area contributed by atoms with Gasteiger partial charge in [-0.05, 0) is 51.5 Å². The molecule has 0 saturated carbocycles. The summed E-state index contributed by atoms with van der Waals surface area (Å²) in [5.74, 6) is -1.34. The van der Waals surface area contributed by atoms with Crippen LogP contribution in [0.2, 0.25) is 0 Å². The van der Waals surface area contributed by atoms with Gasteiger partial charge in [0.2, 0.25) is 0 Å². The number of esters is 2. The highest BCUT2D eigenvalue weighted by Crippen LogP contribution is 2.17. The third-order valence-corrected chi connectivity index (χ3v) is 3.32. The number of benzene rings is 1. The Morgan fingerprint density at radius 1 is 0.913 bits per heavy atom. The van der Waals surface area contributed by atoms with Crippen molar-refractivity contribution in [1.82, 2.24) is 0 Å². The molecule has 0 spiro atoms. The van der Waals surface area contributed by atoms with Crippen molar-refractivity contribution >= 4 is 23.7 Å². The van der Waals surface area contributed by atoms with Gasteiger partial charge in [0.05, 0.1) is 13.2 Å². The van der Waals surface area contributed by atoms with E-state index in [0.29, 0.717) is 0 Å². The molecule has 0 N–H and O–H groups in total. The van der Waals surface area contributed by atoms with E-state index in [2.05, 4.69) is 18.7 Å². The lowest BCUT2D eigenvalue weighted by Gasteiger charge is -2.20. The summed E-state index contributed by atoms with van der Waals surface area (Å²) in [6, 6.07) is 7.66. The molecular weight excluding hydrogens is 294 g/mol. The average Bonchev–Trinajstić information content (AvgIpc) is 2.55. The van der Waals surface area contributed by atoms with E-state index in [1.54, 1.807) is 13.8 Å². The van der Waals surface area contributed by atoms with Crippen LogP contribution in [0.1, 0.15) is 33.3 Å². The summed E-state index contributed by atoms with van der Waals surface area (Å²) >= 11 is 0. The molecule has 0 aliphatic heterocycles. The van der Waals surface area contributed by atoms with Crippen LogP contribution < -0.4 is 4.90 Å². The molecule has 1 aromatic rings. The van der Waals surface area contributed by atoms with Gasteiger partial charge in [0, 0.05) is 18.8 Å². The molecule has 0 aliphatic carbocycles. The smallest absolute Gasteiger partial charge is 0.345 e. The van der Waals surface area contributed by atoms with Gasteiger partial charge in [0.15, 0.2) is 0 Å². The zero-order valence-electron chi connectivity index (χ0n) is 14.3. The fraction of sp³-hybridized carbons (Fsp3) is 0.444. The van der Waals surface area contributed by atoms with E-state index in [0.717, 1.165) is 24.3 Å². The highest BCUT2D eigenvalue weighted by atomic mass is 16.6. The second-order valence-corrected chi connectivity index (χ2v) is 4.76. The Morgan fingerprint density at radius 3 is 1.78 bits per heavy atom. The van der Waals surface area contributed by atoms with Crippen LogP contribution in [-0.2, 0) is 19.1 Å². The van der Waals surface area contributed by atoms with Crippen molar-refractivity contribution in [2.75, 3.05) is 31.2 Å². The van der Waals surface area contributed by atoms with Crippen LogP contribution in [0.5, 0.6) is 0 Å². The summed E-state index contributed by atoms with van der Waals surface area (Å²) in [6.45, 7) is 9.82. The maximum absolute atomic E-state index is 11.9. The molecule has 0 saturated heterocycles. The second kappa shape index (κ2) is 9.66. The van der Waals surface area contributed by atoms with Crippen molar-refractivity contribution in [2.45, 2.75) is 27.7 Å². The number of carbonyl (C=O) groups excluding carboxylic acids is 2. The van der Waals surface area contributed by atoms with Gasteiger partial charge in [-0.3, -0.25) is 0 Å². The largest absolute Gasteiger partial charge is 0.462 e. The Bertz CT molecular complexity index is 525. The Morgan fingerprint density at radius 2 is 1.39 bits per heavy atom. The van der Waals surface area contributed by atoms with Crippen molar-refractivity contribution in [3.05, 3.63) is 35.4 Å². The minimum atomic E-state index is -0.668. The van der Waals surface area contributed by atoms with Gasteiger partial charge < -0.3 is 14.4 Å². The lowest BCUT2D eigenvalue weighted by Crippen LogP contribution is -2.21. The topological polar surface area (TPSA) is 55.8 Å². The number of ether oxygens (including phenoxy) is 2. The lowest BCUT2D eigenvalue weighted by atomic mass is 10.1. The van der Waals surface area contributed by atoms with Crippen molar-refractivity contribution in [3.8, 4) is 0 Å². The number of carbonyl (C=O) groups is 2. The molecule has 23 heavy (non-hydrogen) atoms. The summed E-state index contributed by atoms with van der Waals surface area (Å²) in [5.41, 5.74) is 1.75. The summed E-state index contributed by atoms with van der Waals surface area (Å²) in [5, 5.41) is 0. The first-order valence-corrected chi connectivity index (χ1v) is 7.98. The third-order valence-electron chi connectivity index (χ3n) is 3.32. The van der Waals surface area contributed by atoms with Crippen molar-refractivity contribution in [1.29, 1.82) is 0 Å². The molecule has 0 amide bonds. The number of hydrogen-bond acceptors (Lipinski definition) is 5. The number of anilines is 1. The molecule has 1 aromatic carbocycles. The molecule has 0 aromatic heterocycles. The molecule has 0 atom stereocenters. The molecule has 1 rings (SSSR count). The molecule has 126 valence electrons. The third kappa shape index (κ3) is 5.43. The molecule has 0 fully saturated rings. The molecule has 0 unspecified atom stereocenters. The predicted molar refractivity (Wildman–Crippen MR) is 91.2 cm³/mol. The van der Waals surface area contributed by atoms with Gasteiger partial charge in [-0.1, -0.05) is 12.1 Å². The van der Waals surface area contributed by atoms with Gasteiger partial charge in [-0.25, -0.2) is 9.59 Å². The molecule has 5 nitrogen and oxygen atoms in total. The first-order chi connectivity index (χ1) is 11.1. The molecular formula is C18H25NO4. The van der Waals surface area contributed by atoms with Crippen molar-refractivity contribution < 1.29 is 19.1 Å². The second-order valence-electron chi connectivity index (χ2n) is 4.76. The molecule has 0 heterocycles. The van der Waals surface area contributed by atoms with E-state index in [1.165, 1.54) is 6.08 Å². The minimum absolute atomic E-state index is 0.0933. The SMILES string of the molecule is CCOC(=O)C(=Cc1ccc(N(CC)CC)cc1)C(=O)OCC. The van der Waals surface area contributed by atoms with Crippen LogP contribution in [0.3, 0.4) is 0 Å². The Balaban J connectivity index is 3.06. The Labute approximate surface area is 137 Å². The minimum Gasteiger partial charge on any atom is -0.462 e. The van der Waals surface area contributed by atoms with Crippen LogP contribution in [0, 0.1) is 0 Å². The molecule has 0 bridgehead atoms. The first kappa shape index (κ1) is 18.7. The van der Waals surface area contributed by atoms with Crippen LogP contribution in [0.15, 0.2) is 29.8 Å². The van der Waals surface area contributed by atoms with Gasteiger partial charge in [-0.15, -0.1) is 0 Å². The summed E-state index contributed by atoms with van der Waals surface area (Å²) in [7, 11) is 0. The van der Waals surface area contributed by atoms with Crippen LogP contribution in [-0.4, -0.2) is 38.2 Å². The Hall–Kier alpha value is -2.30. The van der Waals surface area contributed by atoms with Crippen LogP contribution >= 0.6 is 0 Å². The first-order valence-electron chi connectivity index (χ1n) is 7.98. The lowest BCUT2D eigenvalue weighted by molar-refractivity contribution is -0.146. The van der Waals surface area contributed by atoms with Crippen molar-refractivity contribution in [2.24, 2.45) is 0 Å². The number of hydrogen-bond donors (Lipinski definition) is 0. The molecule has 0 radical (unpaired) electrons. The van der Waals surface area contributed by atoms with Gasteiger partial charge in [0.25, 0.3) is 0 Å². The maximum Gasteiger partial charge on any atom is 0.345 e. The van der Waals surface area contributed by atoms with Crippen molar-refractivity contribution in [3.63, 3.8) is 0 Å².